The van der Waals surface area contributed by atoms with Crippen LogP contribution in [0.4, 0.5) is 5.69 Å². The fraction of sp³-hybridized carbons (Fsp3) is 0.538. The number of para-hydroxylation sites is 1. The van der Waals surface area contributed by atoms with Crippen molar-refractivity contribution in [2.24, 2.45) is 0 Å². The first kappa shape index (κ1) is 14.5. The van der Waals surface area contributed by atoms with E-state index in [1.165, 1.54) is 26.5 Å². The highest BCUT2D eigenvalue weighted by Crippen LogP contribution is 2.25. The lowest BCUT2D eigenvalue weighted by Crippen LogP contribution is -2.37. The SMILES string of the molecule is CCCN(c1ccccc1I)C(CC)CI. The molecule has 1 aromatic carbocycles. The zero-order valence-corrected chi connectivity index (χ0v) is 14.2. The molecule has 0 aliphatic carbocycles. The van der Waals surface area contributed by atoms with Gasteiger partial charge in [0, 0.05) is 20.6 Å². The normalized spacial score (nSPS) is 12.5. The highest BCUT2D eigenvalue weighted by atomic mass is 127. The lowest BCUT2D eigenvalue weighted by atomic mass is 10.1. The molecule has 0 aliphatic heterocycles. The molecule has 0 aromatic heterocycles. The van der Waals surface area contributed by atoms with Gasteiger partial charge in [-0.2, -0.15) is 0 Å². The summed E-state index contributed by atoms with van der Waals surface area (Å²) in [6.45, 7) is 5.69. The Morgan fingerprint density at radius 2 is 1.94 bits per heavy atom. The number of benzene rings is 1. The smallest absolute Gasteiger partial charge is 0.0504 e. The largest absolute Gasteiger partial charge is 0.367 e. The lowest BCUT2D eigenvalue weighted by molar-refractivity contribution is 0.622. The summed E-state index contributed by atoms with van der Waals surface area (Å²) in [7, 11) is 0. The summed E-state index contributed by atoms with van der Waals surface area (Å²) in [6, 6.07) is 9.35. The molecule has 0 amide bonds. The Morgan fingerprint density at radius 1 is 1.25 bits per heavy atom. The Hall–Kier alpha value is 0.480. The average molecular weight is 443 g/mol. The Labute approximate surface area is 126 Å². The maximum Gasteiger partial charge on any atom is 0.0504 e. The Morgan fingerprint density at radius 3 is 2.44 bits per heavy atom. The van der Waals surface area contributed by atoms with Crippen LogP contribution in [0.1, 0.15) is 26.7 Å². The fourth-order valence-corrected chi connectivity index (χ4v) is 3.63. The van der Waals surface area contributed by atoms with Crippen molar-refractivity contribution in [1.29, 1.82) is 0 Å². The van der Waals surface area contributed by atoms with Gasteiger partial charge in [-0.05, 0) is 47.6 Å². The molecule has 16 heavy (non-hydrogen) atoms. The van der Waals surface area contributed by atoms with Crippen LogP contribution in [0.3, 0.4) is 0 Å². The molecule has 1 nitrogen and oxygen atoms in total. The number of rotatable bonds is 6. The first-order chi connectivity index (χ1) is 7.74. The van der Waals surface area contributed by atoms with Gasteiger partial charge < -0.3 is 4.90 Å². The number of hydrogen-bond donors (Lipinski definition) is 0. The molecule has 0 fully saturated rings. The lowest BCUT2D eigenvalue weighted by Gasteiger charge is -2.32. The molecule has 1 unspecified atom stereocenters. The summed E-state index contributed by atoms with van der Waals surface area (Å²) < 4.78 is 2.55. The molecule has 0 bridgehead atoms. The number of nitrogens with zero attached hydrogens (tertiary/aromatic N) is 1. The fourth-order valence-electron chi connectivity index (χ4n) is 1.84. The molecule has 0 N–H and O–H groups in total. The average Bonchev–Trinajstić information content (AvgIpc) is 2.30. The highest BCUT2D eigenvalue weighted by Gasteiger charge is 2.16. The third kappa shape index (κ3) is 3.75. The summed E-state index contributed by atoms with van der Waals surface area (Å²) in [5, 5.41) is 0. The molecule has 90 valence electrons. The molecule has 3 heteroatoms. The Kier molecular flexibility index (Phi) is 7.03. The van der Waals surface area contributed by atoms with Gasteiger partial charge >= 0.3 is 0 Å². The summed E-state index contributed by atoms with van der Waals surface area (Å²) >= 11 is 4.94. The molecule has 0 spiro atoms. The van der Waals surface area contributed by atoms with Gasteiger partial charge in [0.05, 0.1) is 5.69 Å². The van der Waals surface area contributed by atoms with Crippen molar-refractivity contribution >= 4 is 50.9 Å². The van der Waals surface area contributed by atoms with Gasteiger partial charge in [0.1, 0.15) is 0 Å². The number of hydrogen-bond acceptors (Lipinski definition) is 1. The molecule has 0 saturated heterocycles. The molecule has 1 rings (SSSR count). The van der Waals surface area contributed by atoms with Crippen LogP contribution < -0.4 is 4.90 Å². The second-order valence-corrected chi connectivity index (χ2v) is 5.90. The van der Waals surface area contributed by atoms with Gasteiger partial charge in [-0.1, -0.05) is 48.6 Å². The zero-order valence-electron chi connectivity index (χ0n) is 9.92. The predicted octanol–water partition coefficient (Wildman–Crippen LogP) is 4.72. The first-order valence-corrected chi connectivity index (χ1v) is 8.42. The van der Waals surface area contributed by atoms with Crippen molar-refractivity contribution in [3.63, 3.8) is 0 Å². The monoisotopic (exact) mass is 443 g/mol. The van der Waals surface area contributed by atoms with Gasteiger partial charge in [0.2, 0.25) is 0 Å². The molecule has 0 radical (unpaired) electrons. The number of halogens is 2. The van der Waals surface area contributed by atoms with Crippen LogP contribution in [0.2, 0.25) is 0 Å². The minimum absolute atomic E-state index is 0.663. The Bertz CT molecular complexity index is 311. The van der Waals surface area contributed by atoms with Crippen LogP contribution in [0.15, 0.2) is 24.3 Å². The van der Waals surface area contributed by atoms with E-state index < -0.39 is 0 Å². The van der Waals surface area contributed by atoms with Gasteiger partial charge in [0.15, 0.2) is 0 Å². The highest BCUT2D eigenvalue weighted by molar-refractivity contribution is 14.1. The van der Waals surface area contributed by atoms with E-state index >= 15 is 0 Å². The van der Waals surface area contributed by atoms with Crippen LogP contribution in [0.5, 0.6) is 0 Å². The van der Waals surface area contributed by atoms with Crippen LogP contribution in [-0.4, -0.2) is 17.0 Å². The van der Waals surface area contributed by atoms with E-state index in [0.29, 0.717) is 6.04 Å². The molecule has 0 saturated carbocycles. The van der Waals surface area contributed by atoms with Gasteiger partial charge in [-0.25, -0.2) is 0 Å². The summed E-state index contributed by atoms with van der Waals surface area (Å²) in [6.07, 6.45) is 2.42. The zero-order chi connectivity index (χ0) is 12.0. The minimum Gasteiger partial charge on any atom is -0.367 e. The molecule has 0 heterocycles. The Balaban J connectivity index is 2.97. The van der Waals surface area contributed by atoms with Crippen molar-refractivity contribution in [2.75, 3.05) is 15.9 Å². The van der Waals surface area contributed by atoms with Crippen LogP contribution in [0, 0.1) is 3.57 Å². The summed E-state index contributed by atoms with van der Waals surface area (Å²) in [4.78, 5) is 2.56. The predicted molar refractivity (Wildman–Crippen MR) is 89.8 cm³/mol. The van der Waals surface area contributed by atoms with E-state index in [1.807, 2.05) is 0 Å². The van der Waals surface area contributed by atoms with E-state index in [0.717, 1.165) is 6.54 Å². The standard InChI is InChI=1S/C13H19I2N/c1-3-9-16(11(4-2)10-14)13-8-6-5-7-12(13)15/h5-8,11H,3-4,9-10H2,1-2H3. The van der Waals surface area contributed by atoms with E-state index in [1.54, 1.807) is 0 Å². The third-order valence-electron chi connectivity index (χ3n) is 2.72. The van der Waals surface area contributed by atoms with Crippen molar-refractivity contribution in [1.82, 2.24) is 0 Å². The van der Waals surface area contributed by atoms with Gasteiger partial charge in [-0.15, -0.1) is 0 Å². The van der Waals surface area contributed by atoms with Crippen molar-refractivity contribution in [2.45, 2.75) is 32.7 Å². The van der Waals surface area contributed by atoms with E-state index in [4.69, 9.17) is 0 Å². The second kappa shape index (κ2) is 7.74. The van der Waals surface area contributed by atoms with E-state index in [2.05, 4.69) is 88.2 Å². The maximum absolute atomic E-state index is 2.56. The van der Waals surface area contributed by atoms with Crippen LogP contribution in [0.25, 0.3) is 0 Å². The molecular weight excluding hydrogens is 424 g/mol. The van der Waals surface area contributed by atoms with Crippen molar-refractivity contribution in [3.05, 3.63) is 27.8 Å². The number of anilines is 1. The molecule has 1 atom stereocenters. The minimum atomic E-state index is 0.663. The summed E-state index contributed by atoms with van der Waals surface area (Å²) in [5.74, 6) is 0. The summed E-state index contributed by atoms with van der Waals surface area (Å²) in [5.41, 5.74) is 1.40. The van der Waals surface area contributed by atoms with Crippen molar-refractivity contribution in [3.8, 4) is 0 Å². The second-order valence-electron chi connectivity index (χ2n) is 3.86. The molecule has 1 aromatic rings. The molecule has 0 aliphatic rings. The maximum atomic E-state index is 2.56. The van der Waals surface area contributed by atoms with Crippen molar-refractivity contribution < 1.29 is 0 Å². The molecular formula is C13H19I2N. The number of alkyl halides is 1. The van der Waals surface area contributed by atoms with Gasteiger partial charge in [0.25, 0.3) is 0 Å². The van der Waals surface area contributed by atoms with E-state index in [-0.39, 0.29) is 0 Å². The topological polar surface area (TPSA) is 3.24 Å². The first-order valence-electron chi connectivity index (χ1n) is 5.81. The third-order valence-corrected chi connectivity index (χ3v) is 4.65. The van der Waals surface area contributed by atoms with Crippen LogP contribution >= 0.6 is 45.2 Å². The van der Waals surface area contributed by atoms with Crippen LogP contribution in [-0.2, 0) is 0 Å². The quantitative estimate of drug-likeness (QED) is 0.455. The van der Waals surface area contributed by atoms with Gasteiger partial charge in [-0.3, -0.25) is 0 Å². The van der Waals surface area contributed by atoms with E-state index in [9.17, 15) is 0 Å².